The van der Waals surface area contributed by atoms with Gasteiger partial charge in [0, 0.05) is 62.2 Å². The summed E-state index contributed by atoms with van der Waals surface area (Å²) in [6.45, 7) is 11.1. The van der Waals surface area contributed by atoms with Crippen molar-refractivity contribution in [1.82, 2.24) is 25.0 Å². The molecule has 164 valence electrons. The van der Waals surface area contributed by atoms with E-state index in [4.69, 9.17) is 0 Å². The maximum absolute atomic E-state index is 9.66. The molecule has 0 radical (unpaired) electrons. The van der Waals surface area contributed by atoms with Gasteiger partial charge in [-0.05, 0) is 51.0 Å². The predicted octanol–water partition coefficient (Wildman–Crippen LogP) is 3.47. The molecule has 1 saturated heterocycles. The highest BCUT2D eigenvalue weighted by Crippen LogP contribution is 2.27. The Labute approximate surface area is 184 Å². The quantitative estimate of drug-likeness (QED) is 0.614. The van der Waals surface area contributed by atoms with Crippen molar-refractivity contribution in [2.75, 3.05) is 26.2 Å². The molecule has 0 spiro atoms. The van der Waals surface area contributed by atoms with Gasteiger partial charge in [0.1, 0.15) is 0 Å². The fraction of sp³-hybridized carbons (Fsp3) is 0.440. The lowest BCUT2D eigenvalue weighted by atomic mass is 10.00. The molecule has 0 amide bonds. The van der Waals surface area contributed by atoms with E-state index in [1.165, 1.54) is 22.3 Å². The number of aliphatic hydroxyl groups is 1. The number of rotatable bonds is 7. The first kappa shape index (κ1) is 21.7. The van der Waals surface area contributed by atoms with Crippen LogP contribution in [-0.2, 0) is 13.1 Å². The van der Waals surface area contributed by atoms with E-state index in [1.807, 2.05) is 19.2 Å². The number of aliphatic hydroxyl groups excluding tert-OH is 1. The first-order chi connectivity index (χ1) is 15.0. The van der Waals surface area contributed by atoms with E-state index in [0.29, 0.717) is 6.04 Å². The number of hydrogen-bond acceptors (Lipinski definition) is 5. The number of aromatic amines is 1. The van der Waals surface area contributed by atoms with Crippen molar-refractivity contribution in [2.24, 2.45) is 0 Å². The summed E-state index contributed by atoms with van der Waals surface area (Å²) in [5, 5.41) is 17.2. The van der Waals surface area contributed by atoms with Crippen LogP contribution in [0.3, 0.4) is 0 Å². The van der Waals surface area contributed by atoms with Gasteiger partial charge in [-0.25, -0.2) is 0 Å². The number of benzene rings is 1. The van der Waals surface area contributed by atoms with Crippen LogP contribution in [0.1, 0.15) is 34.5 Å². The van der Waals surface area contributed by atoms with Crippen molar-refractivity contribution in [3.05, 3.63) is 70.7 Å². The summed E-state index contributed by atoms with van der Waals surface area (Å²) >= 11 is 0. The molecule has 1 fully saturated rings. The Morgan fingerprint density at radius 1 is 1.10 bits per heavy atom. The highest BCUT2D eigenvalue weighted by molar-refractivity contribution is 5.67. The number of nitrogens with zero attached hydrogens (tertiary/aromatic N) is 4. The first-order valence-electron chi connectivity index (χ1n) is 11.1. The van der Waals surface area contributed by atoms with Gasteiger partial charge < -0.3 is 5.11 Å². The molecule has 2 aromatic heterocycles. The zero-order valence-electron chi connectivity index (χ0n) is 18.8. The highest BCUT2D eigenvalue weighted by Gasteiger charge is 2.27. The average molecular weight is 420 g/mol. The van der Waals surface area contributed by atoms with E-state index < -0.39 is 0 Å². The maximum atomic E-state index is 9.66. The molecule has 6 nitrogen and oxygen atoms in total. The van der Waals surface area contributed by atoms with E-state index in [1.54, 1.807) is 0 Å². The Balaban J connectivity index is 1.47. The van der Waals surface area contributed by atoms with Gasteiger partial charge in [0.05, 0.1) is 17.6 Å². The van der Waals surface area contributed by atoms with Crippen LogP contribution in [0.15, 0.2) is 42.6 Å². The number of aryl methyl sites for hydroxylation is 3. The van der Waals surface area contributed by atoms with Gasteiger partial charge in [-0.1, -0.05) is 23.8 Å². The number of hydrogen-bond donors (Lipinski definition) is 2. The van der Waals surface area contributed by atoms with Crippen LogP contribution < -0.4 is 0 Å². The molecule has 3 heterocycles. The van der Waals surface area contributed by atoms with E-state index in [9.17, 15) is 5.11 Å². The Kier molecular flexibility index (Phi) is 6.80. The Morgan fingerprint density at radius 2 is 1.97 bits per heavy atom. The molecular formula is C25H33N5O. The topological polar surface area (TPSA) is 68.3 Å². The van der Waals surface area contributed by atoms with Gasteiger partial charge >= 0.3 is 0 Å². The van der Waals surface area contributed by atoms with E-state index >= 15 is 0 Å². The number of pyridine rings is 1. The second-order valence-electron chi connectivity index (χ2n) is 8.73. The average Bonchev–Trinajstić information content (AvgIpc) is 3.20. The highest BCUT2D eigenvalue weighted by atomic mass is 16.3. The largest absolute Gasteiger partial charge is 0.396 e. The molecular weight excluding hydrogens is 386 g/mol. The first-order valence-corrected chi connectivity index (χ1v) is 11.1. The monoisotopic (exact) mass is 419 g/mol. The molecule has 4 rings (SSSR count). The van der Waals surface area contributed by atoms with Crippen molar-refractivity contribution in [1.29, 1.82) is 0 Å². The second-order valence-corrected chi connectivity index (χ2v) is 8.73. The molecule has 1 aromatic carbocycles. The standard InChI is InChI=1S/C25H33N5O/c1-18-7-8-19(2)24(13-18)25-21(14-26-28-25)15-29-10-11-30(23(17-29)9-12-31)16-22-6-4-5-20(3)27-22/h4-8,13-14,23,31H,9-12,15-17H2,1-3H3,(H,26,28)/t23-/m1/s1. The van der Waals surface area contributed by atoms with Crippen molar-refractivity contribution in [3.63, 3.8) is 0 Å². The summed E-state index contributed by atoms with van der Waals surface area (Å²) in [6, 6.07) is 13.1. The number of piperazine rings is 1. The molecule has 1 aliphatic heterocycles. The maximum Gasteiger partial charge on any atom is 0.0698 e. The summed E-state index contributed by atoms with van der Waals surface area (Å²) < 4.78 is 0. The fourth-order valence-corrected chi connectivity index (χ4v) is 4.54. The number of nitrogens with one attached hydrogen (secondary N) is 1. The molecule has 0 bridgehead atoms. The zero-order valence-corrected chi connectivity index (χ0v) is 18.8. The molecule has 6 heteroatoms. The van der Waals surface area contributed by atoms with Crippen LogP contribution in [0.25, 0.3) is 11.3 Å². The smallest absolute Gasteiger partial charge is 0.0698 e. The lowest BCUT2D eigenvalue weighted by Crippen LogP contribution is -2.52. The second kappa shape index (κ2) is 9.73. The van der Waals surface area contributed by atoms with Crippen molar-refractivity contribution < 1.29 is 5.11 Å². The van der Waals surface area contributed by atoms with Gasteiger partial charge in [0.15, 0.2) is 0 Å². The Bertz CT molecular complexity index is 1010. The van der Waals surface area contributed by atoms with Crippen LogP contribution in [0.5, 0.6) is 0 Å². The zero-order chi connectivity index (χ0) is 21.8. The Hall–Kier alpha value is -2.54. The van der Waals surface area contributed by atoms with Gasteiger partial charge in [-0.2, -0.15) is 5.10 Å². The summed E-state index contributed by atoms with van der Waals surface area (Å²) in [6.07, 6.45) is 2.73. The summed E-state index contributed by atoms with van der Waals surface area (Å²) in [5.41, 5.74) is 8.23. The molecule has 0 aliphatic carbocycles. The van der Waals surface area contributed by atoms with E-state index in [-0.39, 0.29) is 6.61 Å². The minimum absolute atomic E-state index is 0.204. The normalized spacial score (nSPS) is 17.9. The third-order valence-electron chi connectivity index (χ3n) is 6.24. The van der Waals surface area contributed by atoms with Crippen LogP contribution in [0.4, 0.5) is 0 Å². The van der Waals surface area contributed by atoms with Gasteiger partial charge in [-0.3, -0.25) is 19.9 Å². The van der Waals surface area contributed by atoms with E-state index in [0.717, 1.165) is 56.2 Å². The Morgan fingerprint density at radius 3 is 2.77 bits per heavy atom. The predicted molar refractivity (Wildman–Crippen MR) is 124 cm³/mol. The SMILES string of the molecule is Cc1ccc(C)c(-c2[nH]ncc2CN2CCN(Cc3cccc(C)n3)[C@H](CCO)C2)c1. The molecule has 3 aromatic rings. The molecule has 0 unspecified atom stereocenters. The van der Waals surface area contributed by atoms with E-state index in [2.05, 4.69) is 69.2 Å². The van der Waals surface area contributed by atoms with Crippen LogP contribution in [-0.4, -0.2) is 62.4 Å². The van der Waals surface area contributed by atoms with Crippen LogP contribution in [0.2, 0.25) is 0 Å². The van der Waals surface area contributed by atoms with Gasteiger partial charge in [0.25, 0.3) is 0 Å². The minimum Gasteiger partial charge on any atom is -0.396 e. The molecule has 31 heavy (non-hydrogen) atoms. The summed E-state index contributed by atoms with van der Waals surface area (Å²) in [5.74, 6) is 0. The lowest BCUT2D eigenvalue weighted by Gasteiger charge is -2.41. The third kappa shape index (κ3) is 5.21. The molecule has 1 aliphatic rings. The third-order valence-corrected chi connectivity index (χ3v) is 6.24. The summed E-state index contributed by atoms with van der Waals surface area (Å²) in [7, 11) is 0. The van der Waals surface area contributed by atoms with Gasteiger partial charge in [-0.15, -0.1) is 0 Å². The molecule has 1 atom stereocenters. The molecule has 2 N–H and O–H groups in total. The minimum atomic E-state index is 0.204. The van der Waals surface area contributed by atoms with Crippen LogP contribution in [0, 0.1) is 20.8 Å². The number of H-pyrrole nitrogens is 1. The summed E-state index contributed by atoms with van der Waals surface area (Å²) in [4.78, 5) is 9.63. The van der Waals surface area contributed by atoms with Crippen molar-refractivity contribution in [3.8, 4) is 11.3 Å². The van der Waals surface area contributed by atoms with Crippen molar-refractivity contribution in [2.45, 2.75) is 46.3 Å². The van der Waals surface area contributed by atoms with Gasteiger partial charge in [0.2, 0.25) is 0 Å². The lowest BCUT2D eigenvalue weighted by molar-refractivity contribution is 0.0492. The van der Waals surface area contributed by atoms with Crippen molar-refractivity contribution >= 4 is 0 Å². The molecule has 0 saturated carbocycles. The fourth-order valence-electron chi connectivity index (χ4n) is 4.54. The number of aromatic nitrogens is 3. The van der Waals surface area contributed by atoms with Crippen LogP contribution >= 0.6 is 0 Å².